The molecule has 0 aliphatic heterocycles. The van der Waals surface area contributed by atoms with Crippen LogP contribution in [0.25, 0.3) is 0 Å². The van der Waals surface area contributed by atoms with Gasteiger partial charge in [-0.15, -0.1) is 0 Å². The molecule has 14 heavy (non-hydrogen) atoms. The van der Waals surface area contributed by atoms with Crippen LogP contribution in [-0.2, 0) is 16.4 Å². The Morgan fingerprint density at radius 2 is 2.36 bits per heavy atom. The maximum absolute atomic E-state index is 11.6. The lowest BCUT2D eigenvalue weighted by Crippen LogP contribution is -2.24. The van der Waals surface area contributed by atoms with Crippen molar-refractivity contribution in [1.82, 2.24) is 9.71 Å². The van der Waals surface area contributed by atoms with Gasteiger partial charge in [-0.2, -0.15) is 0 Å². The van der Waals surface area contributed by atoms with E-state index in [0.29, 0.717) is 12.1 Å². The molecule has 0 amide bonds. The third-order valence-corrected chi connectivity index (χ3v) is 4.34. The Bertz CT molecular complexity index is 442. The number of nitrogens with one attached hydrogen (secondary N) is 1. The van der Waals surface area contributed by atoms with Gasteiger partial charge in [0.25, 0.3) is 0 Å². The summed E-state index contributed by atoms with van der Waals surface area (Å²) < 4.78 is 25.6. The second kappa shape index (κ2) is 3.33. The maximum atomic E-state index is 11.6. The number of rotatable bonds is 2. The normalized spacial score (nSPS) is 20.8. The van der Waals surface area contributed by atoms with Crippen molar-refractivity contribution in [3.8, 4) is 0 Å². The van der Waals surface area contributed by atoms with Gasteiger partial charge in [-0.3, -0.25) is 4.98 Å². The van der Waals surface area contributed by atoms with Crippen LogP contribution in [0.3, 0.4) is 0 Å². The third kappa shape index (κ3) is 1.42. The molecule has 4 nitrogen and oxygen atoms in total. The van der Waals surface area contributed by atoms with Gasteiger partial charge in [-0.25, -0.2) is 13.1 Å². The highest BCUT2D eigenvalue weighted by Gasteiger charge is 2.33. The summed E-state index contributed by atoms with van der Waals surface area (Å²) in [4.78, 5) is 4.14. The van der Waals surface area contributed by atoms with E-state index in [4.69, 9.17) is 0 Å². The smallest absolute Gasteiger partial charge is 0.220 e. The van der Waals surface area contributed by atoms with E-state index >= 15 is 0 Å². The minimum absolute atomic E-state index is 0.469. The average molecular weight is 212 g/mol. The van der Waals surface area contributed by atoms with Crippen molar-refractivity contribution >= 4 is 10.0 Å². The van der Waals surface area contributed by atoms with Crippen molar-refractivity contribution in [3.63, 3.8) is 0 Å². The van der Waals surface area contributed by atoms with Gasteiger partial charge in [0, 0.05) is 6.20 Å². The quantitative estimate of drug-likeness (QED) is 0.781. The molecule has 0 fully saturated rings. The Morgan fingerprint density at radius 3 is 3.07 bits per heavy atom. The van der Waals surface area contributed by atoms with Crippen molar-refractivity contribution in [2.75, 3.05) is 7.05 Å². The van der Waals surface area contributed by atoms with E-state index < -0.39 is 15.3 Å². The molecule has 2 rings (SSSR count). The zero-order valence-corrected chi connectivity index (χ0v) is 8.71. The van der Waals surface area contributed by atoms with Crippen LogP contribution in [0.2, 0.25) is 0 Å². The van der Waals surface area contributed by atoms with Crippen LogP contribution in [0.1, 0.15) is 22.9 Å². The molecule has 76 valence electrons. The molecular weight excluding hydrogens is 200 g/mol. The van der Waals surface area contributed by atoms with Crippen LogP contribution in [0.15, 0.2) is 18.3 Å². The highest BCUT2D eigenvalue weighted by molar-refractivity contribution is 7.89. The van der Waals surface area contributed by atoms with Crippen molar-refractivity contribution in [2.45, 2.75) is 18.1 Å². The second-order valence-electron chi connectivity index (χ2n) is 3.32. The van der Waals surface area contributed by atoms with Gasteiger partial charge in [-0.05, 0) is 31.5 Å². The standard InChI is InChI=1S/C9H12N2O2S/c1-10-14(12,13)8-5-4-7-3-2-6-11-9(7)8/h2-3,6,8,10H,4-5H2,1H3. The molecule has 1 unspecified atom stereocenters. The number of fused-ring (bicyclic) bond motifs is 1. The fourth-order valence-corrected chi connectivity index (χ4v) is 3.04. The van der Waals surface area contributed by atoms with Crippen LogP contribution in [0, 0.1) is 0 Å². The molecule has 0 radical (unpaired) electrons. The Kier molecular flexibility index (Phi) is 2.28. The minimum Gasteiger partial charge on any atom is -0.260 e. The van der Waals surface area contributed by atoms with Gasteiger partial charge in [0.2, 0.25) is 10.0 Å². The summed E-state index contributed by atoms with van der Waals surface area (Å²) in [5.74, 6) is 0. The summed E-state index contributed by atoms with van der Waals surface area (Å²) in [5.41, 5.74) is 1.76. The molecule has 1 atom stereocenters. The van der Waals surface area contributed by atoms with Gasteiger partial charge in [-0.1, -0.05) is 6.07 Å². The van der Waals surface area contributed by atoms with E-state index in [-0.39, 0.29) is 0 Å². The Morgan fingerprint density at radius 1 is 1.57 bits per heavy atom. The molecule has 1 aliphatic carbocycles. The predicted molar refractivity (Wildman–Crippen MR) is 53.3 cm³/mol. The summed E-state index contributed by atoms with van der Waals surface area (Å²) in [5, 5.41) is -0.469. The molecule has 5 heteroatoms. The van der Waals surface area contributed by atoms with Crippen molar-refractivity contribution < 1.29 is 8.42 Å². The predicted octanol–water partition coefficient (Wildman–Crippen LogP) is 0.618. The zero-order chi connectivity index (χ0) is 10.2. The van der Waals surface area contributed by atoms with E-state index in [2.05, 4.69) is 9.71 Å². The molecule has 0 aromatic carbocycles. The molecule has 0 saturated heterocycles. The molecule has 1 heterocycles. The van der Waals surface area contributed by atoms with Crippen molar-refractivity contribution in [1.29, 1.82) is 0 Å². The van der Waals surface area contributed by atoms with Crippen molar-refractivity contribution in [2.24, 2.45) is 0 Å². The first-order valence-corrected chi connectivity index (χ1v) is 6.06. The number of aryl methyl sites for hydroxylation is 1. The Hall–Kier alpha value is -0.940. The zero-order valence-electron chi connectivity index (χ0n) is 7.90. The van der Waals surface area contributed by atoms with E-state index in [0.717, 1.165) is 12.0 Å². The van der Waals surface area contributed by atoms with E-state index in [1.54, 1.807) is 6.20 Å². The lowest BCUT2D eigenvalue weighted by atomic mass is 10.2. The van der Waals surface area contributed by atoms with Gasteiger partial charge in [0.1, 0.15) is 5.25 Å². The number of aromatic nitrogens is 1. The van der Waals surface area contributed by atoms with E-state index in [1.807, 2.05) is 12.1 Å². The van der Waals surface area contributed by atoms with Gasteiger partial charge in [0.15, 0.2) is 0 Å². The topological polar surface area (TPSA) is 59.1 Å². The number of sulfonamides is 1. The molecule has 0 spiro atoms. The summed E-state index contributed by atoms with van der Waals surface area (Å²) in [6, 6.07) is 3.78. The van der Waals surface area contributed by atoms with Crippen LogP contribution in [0.4, 0.5) is 0 Å². The number of hydrogen-bond acceptors (Lipinski definition) is 3. The highest BCUT2D eigenvalue weighted by Crippen LogP contribution is 2.34. The first-order chi connectivity index (χ1) is 6.65. The largest absolute Gasteiger partial charge is 0.260 e. The monoisotopic (exact) mass is 212 g/mol. The lowest BCUT2D eigenvalue weighted by molar-refractivity contribution is 0.571. The molecular formula is C9H12N2O2S. The molecule has 1 aliphatic rings. The summed E-state index contributed by atoms with van der Waals surface area (Å²) >= 11 is 0. The number of nitrogens with zero attached hydrogens (tertiary/aromatic N) is 1. The SMILES string of the molecule is CNS(=O)(=O)C1CCc2cccnc21. The highest BCUT2D eigenvalue weighted by atomic mass is 32.2. The second-order valence-corrected chi connectivity index (χ2v) is 5.39. The summed E-state index contributed by atoms with van der Waals surface area (Å²) in [6.45, 7) is 0. The number of hydrogen-bond donors (Lipinski definition) is 1. The van der Waals surface area contributed by atoms with Crippen LogP contribution in [-0.4, -0.2) is 20.4 Å². The minimum atomic E-state index is -3.22. The third-order valence-electron chi connectivity index (χ3n) is 2.57. The van der Waals surface area contributed by atoms with Crippen LogP contribution < -0.4 is 4.72 Å². The molecule has 1 aromatic rings. The van der Waals surface area contributed by atoms with Gasteiger partial charge in [0.05, 0.1) is 5.69 Å². The first kappa shape index (κ1) is 9.61. The van der Waals surface area contributed by atoms with Crippen molar-refractivity contribution in [3.05, 3.63) is 29.6 Å². The molecule has 0 bridgehead atoms. The summed E-state index contributed by atoms with van der Waals surface area (Å²) in [7, 11) is -1.78. The van der Waals surface area contributed by atoms with E-state index in [1.165, 1.54) is 7.05 Å². The number of pyridine rings is 1. The van der Waals surface area contributed by atoms with Crippen LogP contribution in [0.5, 0.6) is 0 Å². The fourth-order valence-electron chi connectivity index (χ4n) is 1.82. The molecule has 0 saturated carbocycles. The van der Waals surface area contributed by atoms with Crippen LogP contribution >= 0.6 is 0 Å². The Labute approximate surface area is 83.4 Å². The Balaban J connectivity index is 2.45. The summed E-state index contributed by atoms with van der Waals surface area (Å²) in [6.07, 6.45) is 3.08. The molecule has 1 aromatic heterocycles. The van der Waals surface area contributed by atoms with E-state index in [9.17, 15) is 8.42 Å². The fraction of sp³-hybridized carbons (Fsp3) is 0.444. The maximum Gasteiger partial charge on any atom is 0.220 e. The first-order valence-electron chi connectivity index (χ1n) is 4.51. The van der Waals surface area contributed by atoms with Gasteiger partial charge < -0.3 is 0 Å². The van der Waals surface area contributed by atoms with Gasteiger partial charge >= 0.3 is 0 Å². The molecule has 1 N–H and O–H groups in total. The average Bonchev–Trinajstić information content (AvgIpc) is 2.61. The lowest BCUT2D eigenvalue weighted by Gasteiger charge is -2.10.